The summed E-state index contributed by atoms with van der Waals surface area (Å²) in [4.78, 5) is 35.0. The van der Waals surface area contributed by atoms with Crippen LogP contribution in [-0.4, -0.2) is 27.6 Å². The minimum absolute atomic E-state index is 0.213. The number of fused-ring (bicyclic) bond motifs is 2. The Balaban J connectivity index is 1.59. The summed E-state index contributed by atoms with van der Waals surface area (Å²) < 4.78 is 6.65. The van der Waals surface area contributed by atoms with Crippen molar-refractivity contribution in [2.45, 2.75) is 51.6 Å². The van der Waals surface area contributed by atoms with Crippen LogP contribution in [0.2, 0.25) is 0 Å². The number of methoxy groups -OCH3 is 1. The van der Waals surface area contributed by atoms with Crippen molar-refractivity contribution in [2.75, 3.05) is 7.11 Å². The molecule has 0 aliphatic heterocycles. The second-order valence-corrected chi connectivity index (χ2v) is 7.62. The molecule has 0 bridgehead atoms. The standard InChI is InChI=1S/C23H26N4O3/c1-3-20(22(28)24-13-15-7-6-9-17(11-15)30-2)27-14-25-21-18(23(27)29)12-16-8-4-5-10-19(16)26-21/h6-7,9,11-12,14,20H,3-5,8,10,13H2,1-2H3,(H,24,28)/t20-/m1/s1. The molecule has 7 nitrogen and oxygen atoms in total. The Morgan fingerprint density at radius 1 is 1.27 bits per heavy atom. The number of benzene rings is 1. The second-order valence-electron chi connectivity index (χ2n) is 7.62. The fourth-order valence-corrected chi connectivity index (χ4v) is 4.01. The Kier molecular flexibility index (Phi) is 5.79. The van der Waals surface area contributed by atoms with Gasteiger partial charge in [-0.3, -0.25) is 14.2 Å². The van der Waals surface area contributed by atoms with Gasteiger partial charge in [0.2, 0.25) is 5.91 Å². The largest absolute Gasteiger partial charge is 0.497 e. The van der Waals surface area contributed by atoms with E-state index in [0.29, 0.717) is 24.0 Å². The molecule has 30 heavy (non-hydrogen) atoms. The molecule has 0 unspecified atom stereocenters. The maximum Gasteiger partial charge on any atom is 0.263 e. The summed E-state index contributed by atoms with van der Waals surface area (Å²) in [6, 6.07) is 8.82. The van der Waals surface area contributed by atoms with Gasteiger partial charge in [-0.1, -0.05) is 19.1 Å². The van der Waals surface area contributed by atoms with Crippen LogP contribution in [0.25, 0.3) is 11.0 Å². The van der Waals surface area contributed by atoms with Crippen LogP contribution in [0.1, 0.15) is 49.0 Å². The van der Waals surface area contributed by atoms with Crippen molar-refractivity contribution in [1.82, 2.24) is 19.9 Å². The Morgan fingerprint density at radius 2 is 2.10 bits per heavy atom. The fraction of sp³-hybridized carbons (Fsp3) is 0.391. The zero-order valence-electron chi connectivity index (χ0n) is 17.4. The first-order valence-electron chi connectivity index (χ1n) is 10.4. The number of nitrogens with zero attached hydrogens (tertiary/aromatic N) is 3. The second kappa shape index (κ2) is 8.65. The van der Waals surface area contributed by atoms with E-state index in [0.717, 1.165) is 48.3 Å². The smallest absolute Gasteiger partial charge is 0.263 e. The normalized spacial score (nSPS) is 14.2. The van der Waals surface area contributed by atoms with Crippen LogP contribution in [0.3, 0.4) is 0 Å². The molecule has 4 rings (SSSR count). The summed E-state index contributed by atoms with van der Waals surface area (Å²) in [7, 11) is 1.61. The number of aryl methyl sites for hydroxylation is 2. The van der Waals surface area contributed by atoms with Crippen molar-refractivity contribution >= 4 is 16.9 Å². The van der Waals surface area contributed by atoms with Crippen LogP contribution in [0.15, 0.2) is 41.5 Å². The lowest BCUT2D eigenvalue weighted by molar-refractivity contribution is -0.124. The van der Waals surface area contributed by atoms with E-state index in [-0.39, 0.29) is 11.5 Å². The van der Waals surface area contributed by atoms with Crippen LogP contribution in [0, 0.1) is 0 Å². The number of carbonyl (C=O) groups excluding carboxylic acids is 1. The summed E-state index contributed by atoms with van der Waals surface area (Å²) in [5.41, 5.74) is 3.34. The van der Waals surface area contributed by atoms with Crippen LogP contribution in [0.4, 0.5) is 0 Å². The van der Waals surface area contributed by atoms with Crippen LogP contribution in [0.5, 0.6) is 5.75 Å². The number of rotatable bonds is 6. The van der Waals surface area contributed by atoms with Gasteiger partial charge in [-0.25, -0.2) is 9.97 Å². The number of hydrogen-bond donors (Lipinski definition) is 1. The van der Waals surface area contributed by atoms with Crippen LogP contribution >= 0.6 is 0 Å². The molecule has 1 atom stereocenters. The monoisotopic (exact) mass is 406 g/mol. The van der Waals surface area contributed by atoms with Crippen molar-refractivity contribution in [3.05, 3.63) is 63.8 Å². The molecule has 1 aliphatic carbocycles. The lowest BCUT2D eigenvalue weighted by Gasteiger charge is -2.19. The highest BCUT2D eigenvalue weighted by Crippen LogP contribution is 2.22. The van der Waals surface area contributed by atoms with Crippen molar-refractivity contribution in [3.8, 4) is 5.75 Å². The average molecular weight is 406 g/mol. The number of pyridine rings is 1. The maximum absolute atomic E-state index is 13.2. The van der Waals surface area contributed by atoms with Crippen molar-refractivity contribution in [2.24, 2.45) is 0 Å². The van der Waals surface area contributed by atoms with E-state index in [1.807, 2.05) is 37.3 Å². The minimum Gasteiger partial charge on any atom is -0.497 e. The zero-order chi connectivity index (χ0) is 21.1. The van der Waals surface area contributed by atoms with Gasteiger partial charge in [0.1, 0.15) is 18.1 Å². The van der Waals surface area contributed by atoms with E-state index in [2.05, 4.69) is 15.3 Å². The van der Waals surface area contributed by atoms with E-state index in [1.165, 1.54) is 10.9 Å². The molecule has 7 heteroatoms. The molecular weight excluding hydrogens is 380 g/mol. The van der Waals surface area contributed by atoms with Gasteiger partial charge in [-0.05, 0) is 61.4 Å². The Morgan fingerprint density at radius 3 is 2.90 bits per heavy atom. The minimum atomic E-state index is -0.629. The molecule has 0 saturated heterocycles. The molecule has 1 amide bonds. The third-order valence-electron chi connectivity index (χ3n) is 5.68. The number of amides is 1. The molecular formula is C23H26N4O3. The first kappa shape index (κ1) is 20.1. The predicted molar refractivity (Wildman–Crippen MR) is 115 cm³/mol. The lowest BCUT2D eigenvalue weighted by Crippen LogP contribution is -2.37. The quantitative estimate of drug-likeness (QED) is 0.680. The number of hydrogen-bond acceptors (Lipinski definition) is 5. The molecule has 0 radical (unpaired) electrons. The molecule has 1 aliphatic rings. The molecule has 1 N–H and O–H groups in total. The summed E-state index contributed by atoms with van der Waals surface area (Å²) in [5.74, 6) is 0.522. The molecule has 2 heterocycles. The van der Waals surface area contributed by atoms with Gasteiger partial charge >= 0.3 is 0 Å². The molecule has 0 saturated carbocycles. The SMILES string of the molecule is CC[C@H](C(=O)NCc1cccc(OC)c1)n1cnc2nc3c(cc2c1=O)CCCC3. The molecule has 156 valence electrons. The molecule has 2 aromatic heterocycles. The summed E-state index contributed by atoms with van der Waals surface area (Å²) in [5, 5.41) is 3.41. The van der Waals surface area contributed by atoms with Gasteiger partial charge < -0.3 is 10.1 Å². The molecule has 0 spiro atoms. The van der Waals surface area contributed by atoms with E-state index in [9.17, 15) is 9.59 Å². The highest BCUT2D eigenvalue weighted by molar-refractivity contribution is 5.81. The van der Waals surface area contributed by atoms with Crippen molar-refractivity contribution in [1.29, 1.82) is 0 Å². The first-order chi connectivity index (χ1) is 14.6. The van der Waals surface area contributed by atoms with Crippen LogP contribution < -0.4 is 15.6 Å². The first-order valence-corrected chi connectivity index (χ1v) is 10.4. The highest BCUT2D eigenvalue weighted by Gasteiger charge is 2.22. The van der Waals surface area contributed by atoms with Crippen molar-refractivity contribution < 1.29 is 9.53 Å². The third kappa shape index (κ3) is 3.92. The van der Waals surface area contributed by atoms with E-state index < -0.39 is 6.04 Å². The Labute approximate surface area is 175 Å². The average Bonchev–Trinajstić information content (AvgIpc) is 2.78. The van der Waals surface area contributed by atoms with Gasteiger partial charge in [-0.2, -0.15) is 0 Å². The van der Waals surface area contributed by atoms with Gasteiger partial charge in [0.15, 0.2) is 5.65 Å². The summed E-state index contributed by atoms with van der Waals surface area (Å²) in [6.07, 6.45) is 6.03. The zero-order valence-corrected chi connectivity index (χ0v) is 17.4. The number of ether oxygens (including phenoxy) is 1. The predicted octanol–water partition coefficient (Wildman–Crippen LogP) is 2.95. The van der Waals surface area contributed by atoms with Crippen molar-refractivity contribution in [3.63, 3.8) is 0 Å². The molecule has 3 aromatic rings. The van der Waals surface area contributed by atoms with Gasteiger partial charge in [-0.15, -0.1) is 0 Å². The van der Waals surface area contributed by atoms with Gasteiger partial charge in [0.25, 0.3) is 5.56 Å². The van der Waals surface area contributed by atoms with Gasteiger partial charge in [0.05, 0.1) is 12.5 Å². The van der Waals surface area contributed by atoms with E-state index >= 15 is 0 Å². The number of aromatic nitrogens is 3. The molecule has 0 fully saturated rings. The fourth-order valence-electron chi connectivity index (χ4n) is 4.01. The van der Waals surface area contributed by atoms with E-state index in [4.69, 9.17) is 4.74 Å². The van der Waals surface area contributed by atoms with Crippen LogP contribution in [-0.2, 0) is 24.2 Å². The van der Waals surface area contributed by atoms with E-state index in [1.54, 1.807) is 7.11 Å². The third-order valence-corrected chi connectivity index (χ3v) is 5.68. The topological polar surface area (TPSA) is 86.1 Å². The molecule has 1 aromatic carbocycles. The summed E-state index contributed by atoms with van der Waals surface area (Å²) >= 11 is 0. The van der Waals surface area contributed by atoms with Gasteiger partial charge in [0, 0.05) is 12.2 Å². The lowest BCUT2D eigenvalue weighted by atomic mass is 9.95. The number of nitrogens with one attached hydrogen (secondary N) is 1. The maximum atomic E-state index is 13.2. The summed E-state index contributed by atoms with van der Waals surface area (Å²) in [6.45, 7) is 2.24. The highest BCUT2D eigenvalue weighted by atomic mass is 16.5. The number of carbonyl (C=O) groups is 1. The Hall–Kier alpha value is -3.22. The Bertz CT molecular complexity index is 1140.